The molecule has 1 amide bonds. The fourth-order valence-corrected chi connectivity index (χ4v) is 4.29. The molecule has 0 aliphatic rings. The zero-order valence-electron chi connectivity index (χ0n) is 18.8. The maximum atomic E-state index is 13.8. The number of ether oxygens (including phenoxy) is 1. The number of halogens is 1. The Morgan fingerprint density at radius 1 is 1.00 bits per heavy atom. The van der Waals surface area contributed by atoms with E-state index in [0.717, 1.165) is 10.9 Å². The van der Waals surface area contributed by atoms with Crippen LogP contribution in [0.5, 0.6) is 5.75 Å². The number of hydrogen-bond donors (Lipinski definition) is 0. The van der Waals surface area contributed by atoms with Gasteiger partial charge in [-0.05, 0) is 54.6 Å². The van der Waals surface area contributed by atoms with Crippen LogP contribution in [0.4, 0.5) is 5.69 Å². The molecular weight excluding hydrogens is 452 g/mol. The number of aromatic nitrogens is 3. The number of anilines is 1. The fourth-order valence-electron chi connectivity index (χ4n) is 4.17. The lowest BCUT2D eigenvalue weighted by molar-refractivity contribution is 0.0988. The number of benzene rings is 3. The maximum Gasteiger partial charge on any atom is 0.296 e. The first kappa shape index (κ1) is 21.7. The summed E-state index contributed by atoms with van der Waals surface area (Å²) in [5, 5.41) is 6.48. The van der Waals surface area contributed by atoms with E-state index < -0.39 is 0 Å². The predicted molar refractivity (Wildman–Crippen MR) is 135 cm³/mol. The average Bonchev–Trinajstić information content (AvgIpc) is 3.17. The number of fused-ring (bicyclic) bond motifs is 3. The molecule has 2 heterocycles. The molecule has 0 aliphatic heterocycles. The first-order chi connectivity index (χ1) is 16.4. The lowest BCUT2D eigenvalue weighted by atomic mass is 10.1. The third-order valence-electron chi connectivity index (χ3n) is 5.98. The van der Waals surface area contributed by atoms with Gasteiger partial charge in [-0.2, -0.15) is 9.78 Å². The largest absolute Gasteiger partial charge is 0.497 e. The number of carbonyl (C=O) groups excluding carboxylic acids is 1. The van der Waals surface area contributed by atoms with Gasteiger partial charge in [-0.1, -0.05) is 29.8 Å². The average molecular weight is 473 g/mol. The first-order valence-electron chi connectivity index (χ1n) is 10.6. The SMILES string of the molecule is COc1ccc(-n2nc(C(=O)N(C)c3ccc(Cl)cc3)c3c4ccccc4n(C)c3c2=O)cc1. The van der Waals surface area contributed by atoms with Crippen molar-refractivity contribution in [1.29, 1.82) is 0 Å². The first-order valence-corrected chi connectivity index (χ1v) is 11.0. The van der Waals surface area contributed by atoms with Gasteiger partial charge in [0.05, 0.1) is 12.8 Å². The highest BCUT2D eigenvalue weighted by Gasteiger charge is 2.26. The summed E-state index contributed by atoms with van der Waals surface area (Å²) in [5.74, 6) is 0.312. The molecule has 5 rings (SSSR count). The Labute approximate surface area is 200 Å². The normalized spacial score (nSPS) is 11.2. The third-order valence-corrected chi connectivity index (χ3v) is 6.23. The second-order valence-electron chi connectivity index (χ2n) is 7.90. The van der Waals surface area contributed by atoms with E-state index in [1.165, 1.54) is 9.58 Å². The van der Waals surface area contributed by atoms with Crippen molar-refractivity contribution < 1.29 is 9.53 Å². The van der Waals surface area contributed by atoms with E-state index in [0.29, 0.717) is 33.0 Å². The Hall–Kier alpha value is -4.10. The van der Waals surface area contributed by atoms with Crippen LogP contribution < -0.4 is 15.2 Å². The molecule has 0 saturated carbocycles. The molecule has 0 fully saturated rings. The van der Waals surface area contributed by atoms with Crippen molar-refractivity contribution in [3.63, 3.8) is 0 Å². The van der Waals surface area contributed by atoms with E-state index in [2.05, 4.69) is 5.10 Å². The molecule has 0 radical (unpaired) electrons. The van der Waals surface area contributed by atoms with Crippen molar-refractivity contribution >= 4 is 45.0 Å². The van der Waals surface area contributed by atoms with Gasteiger partial charge in [0.2, 0.25) is 0 Å². The molecule has 0 spiro atoms. The molecule has 3 aromatic carbocycles. The van der Waals surface area contributed by atoms with Gasteiger partial charge in [-0.25, -0.2) is 0 Å². The molecule has 0 N–H and O–H groups in total. The molecule has 0 bridgehead atoms. The van der Waals surface area contributed by atoms with Crippen molar-refractivity contribution in [3.05, 3.63) is 93.9 Å². The van der Waals surface area contributed by atoms with E-state index >= 15 is 0 Å². The van der Waals surface area contributed by atoms with Crippen LogP contribution in [-0.2, 0) is 7.05 Å². The number of para-hydroxylation sites is 1. The van der Waals surface area contributed by atoms with Crippen molar-refractivity contribution in [2.24, 2.45) is 7.05 Å². The third kappa shape index (κ3) is 3.41. The van der Waals surface area contributed by atoms with E-state index in [-0.39, 0.29) is 17.2 Å². The zero-order chi connectivity index (χ0) is 24.0. The zero-order valence-corrected chi connectivity index (χ0v) is 19.6. The molecule has 0 saturated heterocycles. The predicted octanol–water partition coefficient (Wildman–Crippen LogP) is 4.82. The quantitative estimate of drug-likeness (QED) is 0.376. The highest BCUT2D eigenvalue weighted by Crippen LogP contribution is 2.30. The van der Waals surface area contributed by atoms with Crippen molar-refractivity contribution in [2.75, 3.05) is 19.1 Å². The smallest absolute Gasteiger partial charge is 0.296 e. The Morgan fingerprint density at radius 2 is 1.68 bits per heavy atom. The molecular formula is C26H21ClN4O3. The van der Waals surface area contributed by atoms with Crippen LogP contribution in [0.1, 0.15) is 10.5 Å². The summed E-state index contributed by atoms with van der Waals surface area (Å²) in [7, 11) is 5.07. The summed E-state index contributed by atoms with van der Waals surface area (Å²) in [4.78, 5) is 28.9. The van der Waals surface area contributed by atoms with E-state index in [9.17, 15) is 9.59 Å². The summed E-state index contributed by atoms with van der Waals surface area (Å²) in [5.41, 5.74) is 2.30. The Bertz CT molecular complexity index is 1600. The number of carbonyl (C=O) groups is 1. The van der Waals surface area contributed by atoms with Crippen LogP contribution in [0.2, 0.25) is 5.02 Å². The lowest BCUT2D eigenvalue weighted by Crippen LogP contribution is -2.31. The van der Waals surface area contributed by atoms with Crippen LogP contribution in [0.3, 0.4) is 0 Å². The molecule has 0 aliphatic carbocycles. The van der Waals surface area contributed by atoms with Crippen LogP contribution in [0.25, 0.3) is 27.5 Å². The summed E-state index contributed by atoms with van der Waals surface area (Å²) in [6.07, 6.45) is 0. The maximum absolute atomic E-state index is 13.8. The monoisotopic (exact) mass is 472 g/mol. The molecule has 170 valence electrons. The van der Waals surface area contributed by atoms with Gasteiger partial charge in [-0.3, -0.25) is 9.59 Å². The van der Waals surface area contributed by atoms with Crippen LogP contribution in [0, 0.1) is 0 Å². The van der Waals surface area contributed by atoms with Crippen molar-refractivity contribution in [3.8, 4) is 11.4 Å². The van der Waals surface area contributed by atoms with Gasteiger partial charge in [-0.15, -0.1) is 0 Å². The Balaban J connectivity index is 1.80. The fraction of sp³-hybridized carbons (Fsp3) is 0.115. The van der Waals surface area contributed by atoms with Crippen molar-refractivity contribution in [2.45, 2.75) is 0 Å². The Kier molecular flexibility index (Phi) is 5.34. The molecule has 7 nitrogen and oxygen atoms in total. The summed E-state index contributed by atoms with van der Waals surface area (Å²) in [6.45, 7) is 0. The van der Waals surface area contributed by atoms with Crippen LogP contribution in [-0.4, -0.2) is 34.4 Å². The van der Waals surface area contributed by atoms with Crippen molar-refractivity contribution in [1.82, 2.24) is 14.3 Å². The number of hydrogen-bond acceptors (Lipinski definition) is 4. The van der Waals surface area contributed by atoms with E-state index in [1.807, 2.05) is 35.9 Å². The number of rotatable bonds is 4. The lowest BCUT2D eigenvalue weighted by Gasteiger charge is -2.18. The highest BCUT2D eigenvalue weighted by atomic mass is 35.5. The molecule has 0 atom stereocenters. The standard InChI is InChI=1S/C26H21ClN4O3/c1-29(17-10-8-16(27)9-11-17)25(32)23-22-20-6-4-5-7-21(20)30(2)24(22)26(33)31(28-23)18-12-14-19(34-3)15-13-18/h4-15H,1-3H3. The molecule has 2 aromatic heterocycles. The molecule has 34 heavy (non-hydrogen) atoms. The summed E-state index contributed by atoms with van der Waals surface area (Å²) in [6, 6.07) is 21.5. The second-order valence-corrected chi connectivity index (χ2v) is 8.34. The van der Waals surface area contributed by atoms with E-state index in [1.54, 1.807) is 62.7 Å². The molecule has 0 unspecified atom stereocenters. The molecule has 8 heteroatoms. The minimum Gasteiger partial charge on any atom is -0.497 e. The van der Waals surface area contributed by atoms with Gasteiger partial charge in [0.15, 0.2) is 5.69 Å². The van der Waals surface area contributed by atoms with Gasteiger partial charge in [0.1, 0.15) is 11.3 Å². The van der Waals surface area contributed by atoms with Gasteiger partial charge in [0.25, 0.3) is 11.5 Å². The van der Waals surface area contributed by atoms with Gasteiger partial charge >= 0.3 is 0 Å². The number of aryl methyl sites for hydroxylation is 1. The number of nitrogens with zero attached hydrogens (tertiary/aromatic N) is 4. The number of methoxy groups -OCH3 is 1. The van der Waals surface area contributed by atoms with Crippen LogP contribution >= 0.6 is 11.6 Å². The summed E-state index contributed by atoms with van der Waals surface area (Å²) < 4.78 is 8.31. The second kappa shape index (κ2) is 8.35. The number of amides is 1. The Morgan fingerprint density at radius 3 is 2.35 bits per heavy atom. The highest BCUT2D eigenvalue weighted by molar-refractivity contribution is 6.30. The van der Waals surface area contributed by atoms with Crippen LogP contribution in [0.15, 0.2) is 77.6 Å². The summed E-state index contributed by atoms with van der Waals surface area (Å²) >= 11 is 6.02. The minimum atomic E-state index is -0.342. The van der Waals surface area contributed by atoms with E-state index in [4.69, 9.17) is 16.3 Å². The topological polar surface area (TPSA) is 69.4 Å². The van der Waals surface area contributed by atoms with Gasteiger partial charge in [0, 0.05) is 41.1 Å². The minimum absolute atomic E-state index is 0.180. The van der Waals surface area contributed by atoms with Gasteiger partial charge < -0.3 is 14.2 Å². The molecule has 5 aromatic rings.